The molecule has 0 saturated carbocycles. The molecule has 0 heterocycles. The summed E-state index contributed by atoms with van der Waals surface area (Å²) in [5, 5.41) is 35.3. The molecule has 72 valence electrons. The summed E-state index contributed by atoms with van der Waals surface area (Å²) in [5.41, 5.74) is 0. The van der Waals surface area contributed by atoms with Crippen molar-refractivity contribution in [1.29, 1.82) is 0 Å². The van der Waals surface area contributed by atoms with Crippen LogP contribution in [0, 0.1) is 0 Å². The lowest BCUT2D eigenvalue weighted by Gasteiger charge is -2.22. The molecule has 4 atom stereocenters. The smallest absolute Gasteiger partial charge is 0.151 e. The lowest BCUT2D eigenvalue weighted by Crippen LogP contribution is -2.42. The van der Waals surface area contributed by atoms with E-state index < -0.39 is 29.7 Å². The molecule has 0 aromatic carbocycles. The molecule has 0 saturated heterocycles. The molecule has 6 heteroatoms. The van der Waals surface area contributed by atoms with Crippen molar-refractivity contribution in [3.8, 4) is 0 Å². The molecule has 0 spiro atoms. The number of aliphatic hydroxyl groups excluding tert-OH is 4. The van der Waals surface area contributed by atoms with Gasteiger partial charge >= 0.3 is 0 Å². The Labute approximate surface area is 77.8 Å². The number of alkyl halides is 1. The number of aliphatic hydroxyl groups is 4. The van der Waals surface area contributed by atoms with Crippen LogP contribution < -0.4 is 0 Å². The first-order valence-corrected chi connectivity index (χ1v) is 4.20. The van der Waals surface area contributed by atoms with Gasteiger partial charge in [0.1, 0.15) is 12.2 Å². The van der Waals surface area contributed by atoms with E-state index in [2.05, 4.69) is 15.9 Å². The van der Waals surface area contributed by atoms with Crippen LogP contribution in [0.25, 0.3) is 0 Å². The van der Waals surface area contributed by atoms with Crippen LogP contribution in [0.5, 0.6) is 0 Å². The molecule has 0 bridgehead atoms. The molecular weight excluding hydrogens is 232 g/mol. The van der Waals surface area contributed by atoms with Crippen molar-refractivity contribution in [1.82, 2.24) is 0 Å². The fraction of sp³-hybridized carbons (Fsp3) is 0.833. The highest BCUT2D eigenvalue weighted by Gasteiger charge is 2.29. The summed E-state index contributed by atoms with van der Waals surface area (Å²) in [6, 6.07) is 0. The van der Waals surface area contributed by atoms with E-state index in [0.29, 0.717) is 0 Å². The fourth-order valence-corrected chi connectivity index (χ4v) is 1.08. The summed E-state index contributed by atoms with van der Waals surface area (Å²) in [4.78, 5) is 9.06. The Bertz CT molecular complexity index is 142. The van der Waals surface area contributed by atoms with Crippen molar-refractivity contribution in [2.24, 2.45) is 0 Å². The first-order chi connectivity index (χ1) is 5.54. The molecule has 12 heavy (non-hydrogen) atoms. The van der Waals surface area contributed by atoms with Crippen LogP contribution in [-0.2, 0) is 4.79 Å². The number of hydrogen-bond donors (Lipinski definition) is 4. The van der Waals surface area contributed by atoms with E-state index in [9.17, 15) is 4.79 Å². The summed E-state index contributed by atoms with van der Waals surface area (Å²) >= 11 is 2.83. The average molecular weight is 243 g/mol. The van der Waals surface area contributed by atoms with Gasteiger partial charge in [-0.15, -0.1) is 0 Å². The average Bonchev–Trinajstić information content (AvgIpc) is 2.12. The maximum Gasteiger partial charge on any atom is 0.151 e. The van der Waals surface area contributed by atoms with Crippen LogP contribution in [0.1, 0.15) is 0 Å². The third kappa shape index (κ3) is 3.16. The summed E-state index contributed by atoms with van der Waals surface area (Å²) in [6.07, 6.45) is -4.04. The number of halogens is 1. The van der Waals surface area contributed by atoms with Crippen molar-refractivity contribution in [3.05, 3.63) is 0 Å². The molecule has 0 fully saturated rings. The molecule has 0 aromatic heterocycles. The highest BCUT2D eigenvalue weighted by atomic mass is 79.9. The van der Waals surface area contributed by atoms with Gasteiger partial charge < -0.3 is 25.2 Å². The van der Waals surface area contributed by atoms with Crippen molar-refractivity contribution in [3.63, 3.8) is 0 Å². The zero-order chi connectivity index (χ0) is 9.72. The van der Waals surface area contributed by atoms with Gasteiger partial charge in [-0.1, -0.05) is 15.9 Å². The highest BCUT2D eigenvalue weighted by Crippen LogP contribution is 2.13. The quantitative estimate of drug-likeness (QED) is 0.331. The van der Waals surface area contributed by atoms with Gasteiger partial charge in [0.25, 0.3) is 0 Å². The largest absolute Gasteiger partial charge is 0.394 e. The minimum Gasteiger partial charge on any atom is -0.394 e. The van der Waals surface area contributed by atoms with Crippen LogP contribution >= 0.6 is 15.9 Å². The van der Waals surface area contributed by atoms with Crippen LogP contribution in [0.2, 0.25) is 0 Å². The van der Waals surface area contributed by atoms with Crippen molar-refractivity contribution >= 4 is 22.2 Å². The molecule has 0 rings (SSSR count). The Kier molecular flexibility index (Phi) is 5.60. The van der Waals surface area contributed by atoms with Crippen LogP contribution in [0.15, 0.2) is 0 Å². The predicted octanol–water partition coefficient (Wildman–Crippen LogP) is -1.98. The van der Waals surface area contributed by atoms with Crippen molar-refractivity contribution < 1.29 is 25.2 Å². The molecule has 0 aliphatic carbocycles. The van der Waals surface area contributed by atoms with E-state index >= 15 is 0 Å². The Morgan fingerprint density at radius 1 is 1.33 bits per heavy atom. The number of carbonyl (C=O) groups excluding carboxylic acids is 1. The van der Waals surface area contributed by atoms with Gasteiger partial charge in [0.15, 0.2) is 6.29 Å². The first kappa shape index (κ1) is 12.0. The lowest BCUT2D eigenvalue weighted by atomic mass is 10.1. The van der Waals surface area contributed by atoms with E-state index in [-0.39, 0.29) is 6.29 Å². The minimum absolute atomic E-state index is 0.156. The van der Waals surface area contributed by atoms with Crippen molar-refractivity contribution in [2.45, 2.75) is 23.1 Å². The Hall–Kier alpha value is -0.0100. The summed E-state index contributed by atoms with van der Waals surface area (Å²) in [6.45, 7) is -0.557. The second kappa shape index (κ2) is 5.60. The van der Waals surface area contributed by atoms with Crippen molar-refractivity contribution in [2.75, 3.05) is 6.61 Å². The third-order valence-corrected chi connectivity index (χ3v) is 2.52. The monoisotopic (exact) mass is 242 g/mol. The summed E-state index contributed by atoms with van der Waals surface area (Å²) in [5.74, 6) is 0. The van der Waals surface area contributed by atoms with Gasteiger partial charge in [-0.2, -0.15) is 0 Å². The Balaban J connectivity index is 4.07. The normalized spacial score (nSPS) is 21.1. The van der Waals surface area contributed by atoms with Gasteiger partial charge in [0.05, 0.1) is 17.5 Å². The number of carbonyl (C=O) groups is 1. The Morgan fingerprint density at radius 2 is 1.83 bits per heavy atom. The molecule has 0 aliphatic heterocycles. The van der Waals surface area contributed by atoms with Gasteiger partial charge in [-0.05, 0) is 0 Å². The van der Waals surface area contributed by atoms with Crippen LogP contribution in [-0.4, -0.2) is 56.5 Å². The van der Waals surface area contributed by atoms with Gasteiger partial charge in [-0.25, -0.2) is 0 Å². The summed E-state index contributed by atoms with van der Waals surface area (Å²) in [7, 11) is 0. The fourth-order valence-electron chi connectivity index (χ4n) is 0.597. The first-order valence-electron chi connectivity index (χ1n) is 3.29. The molecule has 0 amide bonds. The summed E-state index contributed by atoms with van der Waals surface area (Å²) < 4.78 is 0. The third-order valence-electron chi connectivity index (χ3n) is 1.37. The van der Waals surface area contributed by atoms with Gasteiger partial charge in [-0.3, -0.25) is 0 Å². The molecule has 0 unspecified atom stereocenters. The molecule has 5 nitrogen and oxygen atoms in total. The predicted molar refractivity (Wildman–Crippen MR) is 43.9 cm³/mol. The molecular formula is C6H11BrO5. The molecule has 4 N–H and O–H groups in total. The maximum absolute atomic E-state index is 9.99. The molecule has 0 aromatic rings. The van der Waals surface area contributed by atoms with E-state index in [1.54, 1.807) is 0 Å². The number of rotatable bonds is 5. The van der Waals surface area contributed by atoms with Crippen LogP contribution in [0.4, 0.5) is 0 Å². The SMILES string of the molecule is O=C[C@H](O)[C@H](O)[C@@H](Br)[C@H](O)CO. The molecule has 0 radical (unpaired) electrons. The minimum atomic E-state index is -1.56. The highest BCUT2D eigenvalue weighted by molar-refractivity contribution is 9.09. The number of aldehydes is 1. The lowest BCUT2D eigenvalue weighted by molar-refractivity contribution is -0.121. The zero-order valence-electron chi connectivity index (χ0n) is 6.17. The van der Waals surface area contributed by atoms with E-state index in [0.717, 1.165) is 0 Å². The standard InChI is InChI=1S/C6H11BrO5/c7-5(3(10)1-8)6(12)4(11)2-9/h2-6,8,10-12H,1H2/t3-,4+,5+,6+/m1/s1. The van der Waals surface area contributed by atoms with E-state index in [1.807, 2.05) is 0 Å². The van der Waals surface area contributed by atoms with E-state index in [4.69, 9.17) is 20.4 Å². The van der Waals surface area contributed by atoms with E-state index in [1.165, 1.54) is 0 Å². The van der Waals surface area contributed by atoms with Crippen LogP contribution in [0.3, 0.4) is 0 Å². The number of hydrogen-bond acceptors (Lipinski definition) is 5. The van der Waals surface area contributed by atoms with Gasteiger partial charge in [0.2, 0.25) is 0 Å². The topological polar surface area (TPSA) is 98.0 Å². The molecule has 0 aliphatic rings. The van der Waals surface area contributed by atoms with Gasteiger partial charge in [0, 0.05) is 0 Å². The zero-order valence-corrected chi connectivity index (χ0v) is 7.75. The second-order valence-electron chi connectivity index (χ2n) is 2.31. The second-order valence-corrected chi connectivity index (χ2v) is 3.37. The maximum atomic E-state index is 9.99. The Morgan fingerprint density at radius 3 is 2.17 bits per heavy atom.